The van der Waals surface area contributed by atoms with Crippen LogP contribution in [0, 0.1) is 0 Å². The Bertz CT molecular complexity index is 382. The highest BCUT2D eigenvalue weighted by Gasteiger charge is 2.14. The topological polar surface area (TPSA) is 46.5 Å². The van der Waals surface area contributed by atoms with Crippen LogP contribution in [0.15, 0.2) is 36.4 Å². The highest BCUT2D eigenvalue weighted by atomic mass is 16.5. The van der Waals surface area contributed by atoms with Gasteiger partial charge in [-0.15, -0.1) is 0 Å². The van der Waals surface area contributed by atoms with Crippen LogP contribution < -0.4 is 0 Å². The van der Waals surface area contributed by atoms with Crippen molar-refractivity contribution in [1.29, 1.82) is 0 Å². The van der Waals surface area contributed by atoms with E-state index >= 15 is 0 Å². The van der Waals surface area contributed by atoms with E-state index in [4.69, 9.17) is 9.84 Å². The second-order valence-electron chi connectivity index (χ2n) is 3.85. The molecule has 0 aromatic heterocycles. The minimum atomic E-state index is -0.950. The summed E-state index contributed by atoms with van der Waals surface area (Å²) in [4.78, 5) is 11.0. The van der Waals surface area contributed by atoms with Gasteiger partial charge in [0.2, 0.25) is 0 Å². The fourth-order valence-corrected chi connectivity index (χ4v) is 1.46. The van der Waals surface area contributed by atoms with Gasteiger partial charge < -0.3 is 9.84 Å². The molecular formula is C14H18O3. The van der Waals surface area contributed by atoms with E-state index in [1.165, 1.54) is 0 Å². The molecule has 0 radical (unpaired) electrons. The lowest BCUT2D eigenvalue weighted by molar-refractivity contribution is -0.147. The second kappa shape index (κ2) is 6.86. The monoisotopic (exact) mass is 234 g/mol. The van der Waals surface area contributed by atoms with Crippen LogP contribution >= 0.6 is 0 Å². The molecule has 0 bridgehead atoms. The number of allylic oxidation sites excluding steroid dienone is 1. The van der Waals surface area contributed by atoms with Gasteiger partial charge in [0.25, 0.3) is 0 Å². The largest absolute Gasteiger partial charge is 0.479 e. The summed E-state index contributed by atoms with van der Waals surface area (Å²) >= 11 is 0. The molecule has 0 aliphatic rings. The molecule has 0 unspecified atom stereocenters. The minimum Gasteiger partial charge on any atom is -0.479 e. The number of carboxylic acids is 1. The predicted molar refractivity (Wildman–Crippen MR) is 67.8 cm³/mol. The number of hydrogen-bond acceptors (Lipinski definition) is 2. The zero-order chi connectivity index (χ0) is 12.7. The highest BCUT2D eigenvalue weighted by molar-refractivity contribution is 5.78. The molecule has 0 spiro atoms. The maximum atomic E-state index is 11.0. The van der Waals surface area contributed by atoms with Crippen LogP contribution in [0.5, 0.6) is 0 Å². The number of carbonyl (C=O) groups is 1. The van der Waals surface area contributed by atoms with Gasteiger partial charge in [0.05, 0.1) is 0 Å². The number of rotatable bonds is 6. The third-order valence-corrected chi connectivity index (χ3v) is 2.38. The first-order valence-corrected chi connectivity index (χ1v) is 5.73. The third kappa shape index (κ3) is 4.41. The van der Waals surface area contributed by atoms with E-state index in [2.05, 4.69) is 0 Å². The van der Waals surface area contributed by atoms with Crippen molar-refractivity contribution in [2.45, 2.75) is 26.4 Å². The molecule has 3 heteroatoms. The normalized spacial score (nSPS) is 13.4. The Morgan fingerprint density at radius 1 is 1.41 bits per heavy atom. The molecule has 1 rings (SSSR count). The molecule has 1 atom stereocenters. The summed E-state index contributed by atoms with van der Waals surface area (Å²) in [7, 11) is 0. The van der Waals surface area contributed by atoms with E-state index in [0.717, 1.165) is 17.6 Å². The summed E-state index contributed by atoms with van der Waals surface area (Å²) in [5.74, 6) is -0.950. The SMILES string of the molecule is CCCO[C@@H](C=C(C)c1ccccc1)C(=O)O. The average molecular weight is 234 g/mol. The third-order valence-electron chi connectivity index (χ3n) is 2.38. The summed E-state index contributed by atoms with van der Waals surface area (Å²) in [5, 5.41) is 9.03. The number of carboxylic acid groups (broad SMARTS) is 1. The molecule has 0 fully saturated rings. The van der Waals surface area contributed by atoms with E-state index in [1.54, 1.807) is 6.08 Å². The molecule has 92 valence electrons. The van der Waals surface area contributed by atoms with Crippen molar-refractivity contribution < 1.29 is 14.6 Å². The maximum absolute atomic E-state index is 11.0. The van der Waals surface area contributed by atoms with Gasteiger partial charge in [-0.1, -0.05) is 37.3 Å². The van der Waals surface area contributed by atoms with Crippen molar-refractivity contribution >= 4 is 11.5 Å². The Morgan fingerprint density at radius 3 is 2.59 bits per heavy atom. The standard InChI is InChI=1S/C14H18O3/c1-3-9-17-13(14(15)16)10-11(2)12-7-5-4-6-8-12/h4-8,10,13H,3,9H2,1-2H3,(H,15,16)/t13-/m0/s1. The Morgan fingerprint density at radius 2 is 2.06 bits per heavy atom. The van der Waals surface area contributed by atoms with E-state index < -0.39 is 12.1 Å². The molecule has 0 heterocycles. The van der Waals surface area contributed by atoms with Gasteiger partial charge >= 0.3 is 5.97 Å². The molecule has 3 nitrogen and oxygen atoms in total. The van der Waals surface area contributed by atoms with E-state index in [9.17, 15) is 4.79 Å². The zero-order valence-electron chi connectivity index (χ0n) is 10.2. The van der Waals surface area contributed by atoms with Crippen LogP contribution in [0.2, 0.25) is 0 Å². The molecule has 1 N–H and O–H groups in total. The van der Waals surface area contributed by atoms with Gasteiger partial charge in [-0.2, -0.15) is 0 Å². The molecule has 0 saturated carbocycles. The van der Waals surface area contributed by atoms with Crippen molar-refractivity contribution in [3.63, 3.8) is 0 Å². The van der Waals surface area contributed by atoms with E-state index in [0.29, 0.717) is 6.61 Å². The first kappa shape index (κ1) is 13.5. The molecule has 0 aliphatic carbocycles. The fourth-order valence-electron chi connectivity index (χ4n) is 1.46. The lowest BCUT2D eigenvalue weighted by Gasteiger charge is -2.10. The van der Waals surface area contributed by atoms with Gasteiger partial charge in [-0.05, 0) is 30.6 Å². The predicted octanol–water partition coefficient (Wildman–Crippen LogP) is 2.97. The molecule has 0 aliphatic heterocycles. The highest BCUT2D eigenvalue weighted by Crippen LogP contribution is 2.14. The number of hydrogen-bond donors (Lipinski definition) is 1. The number of aliphatic carboxylic acids is 1. The Kier molecular flexibility index (Phi) is 5.43. The quantitative estimate of drug-likeness (QED) is 0.823. The van der Waals surface area contributed by atoms with Crippen molar-refractivity contribution in [3.05, 3.63) is 42.0 Å². The van der Waals surface area contributed by atoms with Crippen LogP contribution in [-0.4, -0.2) is 23.8 Å². The van der Waals surface area contributed by atoms with Crippen LogP contribution in [0.25, 0.3) is 5.57 Å². The molecule has 0 amide bonds. The fraction of sp³-hybridized carbons (Fsp3) is 0.357. The Hall–Kier alpha value is -1.61. The summed E-state index contributed by atoms with van der Waals surface area (Å²) in [6, 6.07) is 9.68. The summed E-state index contributed by atoms with van der Waals surface area (Å²) < 4.78 is 5.27. The van der Waals surface area contributed by atoms with Crippen molar-refractivity contribution in [1.82, 2.24) is 0 Å². The van der Waals surface area contributed by atoms with Crippen molar-refractivity contribution in [3.8, 4) is 0 Å². The minimum absolute atomic E-state index is 0.454. The van der Waals surface area contributed by atoms with Gasteiger partial charge in [-0.25, -0.2) is 4.79 Å². The van der Waals surface area contributed by atoms with Gasteiger partial charge in [0.1, 0.15) is 0 Å². The number of ether oxygens (including phenoxy) is 1. The zero-order valence-corrected chi connectivity index (χ0v) is 10.2. The molecule has 17 heavy (non-hydrogen) atoms. The van der Waals surface area contributed by atoms with Gasteiger partial charge in [-0.3, -0.25) is 0 Å². The first-order valence-electron chi connectivity index (χ1n) is 5.73. The van der Waals surface area contributed by atoms with Crippen molar-refractivity contribution in [2.24, 2.45) is 0 Å². The van der Waals surface area contributed by atoms with Crippen LogP contribution in [-0.2, 0) is 9.53 Å². The van der Waals surface area contributed by atoms with Gasteiger partial charge in [0.15, 0.2) is 6.10 Å². The van der Waals surface area contributed by atoms with E-state index in [1.807, 2.05) is 44.2 Å². The van der Waals surface area contributed by atoms with Crippen LogP contribution in [0.1, 0.15) is 25.8 Å². The lowest BCUT2D eigenvalue weighted by atomic mass is 10.1. The summed E-state index contributed by atoms with van der Waals surface area (Å²) in [6.07, 6.45) is 1.59. The summed E-state index contributed by atoms with van der Waals surface area (Å²) in [5.41, 5.74) is 1.92. The Balaban J connectivity index is 2.79. The van der Waals surface area contributed by atoms with Crippen molar-refractivity contribution in [2.75, 3.05) is 6.61 Å². The molecule has 1 aromatic carbocycles. The lowest BCUT2D eigenvalue weighted by Crippen LogP contribution is -2.22. The number of benzene rings is 1. The smallest absolute Gasteiger partial charge is 0.336 e. The molecule has 1 aromatic rings. The Labute approximate surface area is 102 Å². The van der Waals surface area contributed by atoms with E-state index in [-0.39, 0.29) is 0 Å². The maximum Gasteiger partial charge on any atom is 0.336 e. The average Bonchev–Trinajstić information content (AvgIpc) is 2.35. The van der Waals surface area contributed by atoms with Crippen LogP contribution in [0.3, 0.4) is 0 Å². The summed E-state index contributed by atoms with van der Waals surface area (Å²) in [6.45, 7) is 4.29. The molecular weight excluding hydrogens is 216 g/mol. The second-order valence-corrected chi connectivity index (χ2v) is 3.85. The molecule has 0 saturated heterocycles. The van der Waals surface area contributed by atoms with Crippen LogP contribution in [0.4, 0.5) is 0 Å². The van der Waals surface area contributed by atoms with Gasteiger partial charge in [0, 0.05) is 6.61 Å². The first-order chi connectivity index (χ1) is 8.15.